The van der Waals surface area contributed by atoms with Crippen LogP contribution in [0.1, 0.15) is 43.4 Å². The molecule has 0 aliphatic carbocycles. The van der Waals surface area contributed by atoms with Crippen molar-refractivity contribution < 1.29 is 4.79 Å². The van der Waals surface area contributed by atoms with Gasteiger partial charge in [0.2, 0.25) is 5.91 Å². The summed E-state index contributed by atoms with van der Waals surface area (Å²) in [5.41, 5.74) is 0.556. The van der Waals surface area contributed by atoms with Crippen LogP contribution in [-0.4, -0.2) is 15.9 Å². The van der Waals surface area contributed by atoms with Gasteiger partial charge in [0.25, 0.3) is 5.56 Å². The minimum atomic E-state index is -0.132. The minimum Gasteiger partial charge on any atom is -0.348 e. The zero-order valence-corrected chi connectivity index (χ0v) is 15.8. The average Bonchev–Trinajstić information content (AvgIpc) is 3.14. The Bertz CT molecular complexity index is 932. The van der Waals surface area contributed by atoms with Gasteiger partial charge in [-0.1, -0.05) is 32.0 Å². The highest BCUT2D eigenvalue weighted by Crippen LogP contribution is 2.25. The molecule has 6 heteroatoms. The van der Waals surface area contributed by atoms with Crippen LogP contribution < -0.4 is 10.9 Å². The van der Waals surface area contributed by atoms with Gasteiger partial charge in [0.1, 0.15) is 5.82 Å². The smallest absolute Gasteiger partial charge is 0.258 e. The molecule has 0 spiro atoms. The normalized spacial score (nSPS) is 12.4. The van der Waals surface area contributed by atoms with E-state index in [1.807, 2.05) is 29.6 Å². The van der Waals surface area contributed by atoms with E-state index in [1.165, 1.54) is 4.88 Å². The molecule has 0 fully saturated rings. The molecule has 0 aliphatic rings. The van der Waals surface area contributed by atoms with Crippen LogP contribution in [0.15, 0.2) is 46.6 Å². The first-order valence-electron chi connectivity index (χ1n) is 8.85. The molecule has 2 aromatic heterocycles. The molecule has 0 saturated carbocycles. The lowest BCUT2D eigenvalue weighted by Gasteiger charge is -2.21. The predicted molar refractivity (Wildman–Crippen MR) is 105 cm³/mol. The van der Waals surface area contributed by atoms with Crippen molar-refractivity contribution in [2.75, 3.05) is 0 Å². The summed E-state index contributed by atoms with van der Waals surface area (Å²) < 4.78 is 0. The van der Waals surface area contributed by atoms with Crippen molar-refractivity contribution in [3.63, 3.8) is 0 Å². The predicted octanol–water partition coefficient (Wildman–Crippen LogP) is 3.82. The molecule has 2 heterocycles. The Kier molecular flexibility index (Phi) is 5.83. The zero-order chi connectivity index (χ0) is 18.5. The van der Waals surface area contributed by atoms with Crippen LogP contribution in [0.2, 0.25) is 0 Å². The molecule has 136 valence electrons. The molecule has 26 heavy (non-hydrogen) atoms. The van der Waals surface area contributed by atoms with Gasteiger partial charge in [-0.2, -0.15) is 0 Å². The number of aromatic nitrogens is 2. The van der Waals surface area contributed by atoms with E-state index in [2.05, 4.69) is 35.2 Å². The van der Waals surface area contributed by atoms with Crippen LogP contribution in [0, 0.1) is 5.92 Å². The van der Waals surface area contributed by atoms with Gasteiger partial charge < -0.3 is 10.3 Å². The van der Waals surface area contributed by atoms with Gasteiger partial charge in [0.05, 0.1) is 16.9 Å². The number of H-pyrrole nitrogens is 1. The molecule has 0 radical (unpaired) electrons. The third-order valence-corrected chi connectivity index (χ3v) is 5.27. The third kappa shape index (κ3) is 4.38. The molecule has 0 saturated heterocycles. The van der Waals surface area contributed by atoms with Gasteiger partial charge >= 0.3 is 0 Å². The molecule has 1 amide bonds. The molecule has 3 aromatic rings. The molecule has 1 atom stereocenters. The number of thiophene rings is 1. The number of para-hydroxylation sites is 1. The van der Waals surface area contributed by atoms with Crippen molar-refractivity contribution in [2.24, 2.45) is 5.92 Å². The fourth-order valence-electron chi connectivity index (χ4n) is 2.95. The maximum absolute atomic E-state index is 12.3. The Labute approximate surface area is 156 Å². The number of benzene rings is 1. The maximum atomic E-state index is 12.3. The largest absolute Gasteiger partial charge is 0.348 e. The van der Waals surface area contributed by atoms with Gasteiger partial charge in [-0.25, -0.2) is 4.98 Å². The fourth-order valence-corrected chi connectivity index (χ4v) is 3.90. The zero-order valence-electron chi connectivity index (χ0n) is 15.0. The van der Waals surface area contributed by atoms with E-state index in [1.54, 1.807) is 17.4 Å². The molecule has 3 rings (SSSR count). The maximum Gasteiger partial charge on any atom is 0.258 e. The number of amides is 1. The van der Waals surface area contributed by atoms with E-state index in [-0.39, 0.29) is 17.5 Å². The number of carbonyl (C=O) groups is 1. The highest BCUT2D eigenvalue weighted by Gasteiger charge is 2.19. The Balaban J connectivity index is 1.57. The summed E-state index contributed by atoms with van der Waals surface area (Å²) in [5.74, 6) is 0.983. The third-order valence-electron chi connectivity index (χ3n) is 4.31. The van der Waals surface area contributed by atoms with E-state index in [0.717, 1.165) is 0 Å². The number of nitrogens with one attached hydrogen (secondary N) is 2. The molecule has 2 N–H and O–H groups in total. The van der Waals surface area contributed by atoms with Crippen molar-refractivity contribution in [1.82, 2.24) is 15.3 Å². The van der Waals surface area contributed by atoms with Crippen LogP contribution in [0.3, 0.4) is 0 Å². The number of aryl methyl sites for hydroxylation is 1. The summed E-state index contributed by atoms with van der Waals surface area (Å²) in [6.07, 6.45) is 1.62. The average molecular weight is 369 g/mol. The lowest BCUT2D eigenvalue weighted by molar-refractivity contribution is -0.122. The lowest BCUT2D eigenvalue weighted by Crippen LogP contribution is -2.31. The van der Waals surface area contributed by atoms with Crippen molar-refractivity contribution in [1.29, 1.82) is 0 Å². The summed E-state index contributed by atoms with van der Waals surface area (Å²) in [6.45, 7) is 4.21. The van der Waals surface area contributed by atoms with Crippen LogP contribution >= 0.6 is 11.3 Å². The number of hydrogen-bond donors (Lipinski definition) is 2. The van der Waals surface area contributed by atoms with E-state index >= 15 is 0 Å². The standard InChI is InChI=1S/C20H23N3O2S/c1-13(2)19(16-9-6-12-26-16)23-18(24)11-5-10-17-21-15-8-4-3-7-14(15)20(25)22-17/h3-4,6-9,12-13,19H,5,10-11H2,1-2H3,(H,23,24)(H,21,22,25)/t19-/m1/s1. The van der Waals surface area contributed by atoms with Gasteiger partial charge in [0.15, 0.2) is 0 Å². The first kappa shape index (κ1) is 18.3. The number of rotatable bonds is 7. The quantitative estimate of drug-likeness (QED) is 0.665. The number of hydrogen-bond acceptors (Lipinski definition) is 4. The highest BCUT2D eigenvalue weighted by atomic mass is 32.1. The van der Waals surface area contributed by atoms with Crippen molar-refractivity contribution >= 4 is 28.1 Å². The van der Waals surface area contributed by atoms with Crippen molar-refractivity contribution in [3.05, 3.63) is 62.8 Å². The Hall–Kier alpha value is -2.47. The Morgan fingerprint density at radius 3 is 2.77 bits per heavy atom. The second-order valence-corrected chi connectivity index (χ2v) is 7.67. The molecule has 0 bridgehead atoms. The van der Waals surface area contributed by atoms with Crippen LogP contribution in [0.5, 0.6) is 0 Å². The molecule has 0 aliphatic heterocycles. The van der Waals surface area contributed by atoms with Gasteiger partial charge in [-0.05, 0) is 35.9 Å². The summed E-state index contributed by atoms with van der Waals surface area (Å²) >= 11 is 1.66. The summed E-state index contributed by atoms with van der Waals surface area (Å²) in [5, 5.41) is 5.74. The topological polar surface area (TPSA) is 74.8 Å². The molecule has 1 aromatic carbocycles. The fraction of sp³-hybridized carbons (Fsp3) is 0.350. The first-order valence-corrected chi connectivity index (χ1v) is 9.73. The Morgan fingerprint density at radius 1 is 1.23 bits per heavy atom. The van der Waals surface area contributed by atoms with E-state index < -0.39 is 0 Å². The van der Waals surface area contributed by atoms with E-state index in [4.69, 9.17) is 0 Å². The van der Waals surface area contributed by atoms with Gasteiger partial charge in [-0.3, -0.25) is 9.59 Å². The van der Waals surface area contributed by atoms with Gasteiger partial charge in [-0.15, -0.1) is 11.3 Å². The second-order valence-electron chi connectivity index (χ2n) is 6.69. The highest BCUT2D eigenvalue weighted by molar-refractivity contribution is 7.10. The minimum absolute atomic E-state index is 0.0280. The van der Waals surface area contributed by atoms with Gasteiger partial charge in [0, 0.05) is 17.7 Å². The number of fused-ring (bicyclic) bond motifs is 1. The first-order chi connectivity index (χ1) is 12.5. The molecule has 0 unspecified atom stereocenters. The molecular formula is C20H23N3O2S. The van der Waals surface area contributed by atoms with Crippen LogP contribution in [0.25, 0.3) is 10.9 Å². The molecular weight excluding hydrogens is 346 g/mol. The monoisotopic (exact) mass is 369 g/mol. The van der Waals surface area contributed by atoms with Crippen molar-refractivity contribution in [2.45, 2.75) is 39.2 Å². The number of carbonyl (C=O) groups excluding carboxylic acids is 1. The second kappa shape index (κ2) is 8.27. The number of aromatic amines is 1. The SMILES string of the molecule is CC(C)[C@@H](NC(=O)CCCc1nc2ccccc2c(=O)[nH]1)c1cccs1. The van der Waals surface area contributed by atoms with Crippen LogP contribution in [0.4, 0.5) is 0 Å². The summed E-state index contributed by atoms with van der Waals surface area (Å²) in [4.78, 5) is 32.9. The number of nitrogens with zero attached hydrogens (tertiary/aromatic N) is 1. The Morgan fingerprint density at radius 2 is 2.04 bits per heavy atom. The van der Waals surface area contributed by atoms with E-state index in [0.29, 0.717) is 41.9 Å². The van der Waals surface area contributed by atoms with Crippen molar-refractivity contribution in [3.8, 4) is 0 Å². The molecule has 5 nitrogen and oxygen atoms in total. The summed E-state index contributed by atoms with van der Waals surface area (Å²) in [6, 6.07) is 11.4. The van der Waals surface area contributed by atoms with E-state index in [9.17, 15) is 9.59 Å². The van der Waals surface area contributed by atoms with Crippen LogP contribution in [-0.2, 0) is 11.2 Å². The summed E-state index contributed by atoms with van der Waals surface area (Å²) in [7, 11) is 0. The lowest BCUT2D eigenvalue weighted by atomic mass is 10.0.